The van der Waals surface area contributed by atoms with E-state index in [0.717, 1.165) is 18.4 Å². The van der Waals surface area contributed by atoms with E-state index in [4.69, 9.17) is 30.5 Å². The average molecular weight is 587 g/mol. The van der Waals surface area contributed by atoms with E-state index in [1.807, 2.05) is 12.1 Å². The lowest BCUT2D eigenvalue weighted by molar-refractivity contribution is 0.0729. The molecule has 0 heterocycles. The molecule has 4 rings (SSSR count). The van der Waals surface area contributed by atoms with Gasteiger partial charge in [0.25, 0.3) is 5.91 Å². The Balaban J connectivity index is 1.29. The number of nitrogens with one attached hydrogen (secondary N) is 1. The Kier molecular flexibility index (Phi) is 10.9. The van der Waals surface area contributed by atoms with Gasteiger partial charge in [-0.1, -0.05) is 37.1 Å². The van der Waals surface area contributed by atoms with E-state index < -0.39 is 5.97 Å². The molecule has 0 atom stereocenters. The van der Waals surface area contributed by atoms with Gasteiger partial charge in [0.05, 0.1) is 25.5 Å². The number of ether oxygens (including phenoxy) is 4. The highest BCUT2D eigenvalue weighted by molar-refractivity contribution is 6.30. The molecule has 216 valence electrons. The zero-order chi connectivity index (χ0) is 29.7. The molecule has 0 aliphatic heterocycles. The fourth-order valence-corrected chi connectivity index (χ4v) is 3.84. The molecule has 1 N–H and O–H groups in total. The minimum Gasteiger partial charge on any atom is -0.494 e. The minimum atomic E-state index is -0.525. The van der Waals surface area contributed by atoms with Crippen LogP contribution in [0.3, 0.4) is 0 Å². The number of hydrogen-bond donors (Lipinski definition) is 1. The molecular formula is C33H31ClN2O6. The van der Waals surface area contributed by atoms with Crippen LogP contribution in [-0.2, 0) is 6.61 Å². The normalized spacial score (nSPS) is 10.7. The Labute approximate surface area is 249 Å². The topological polar surface area (TPSA) is 95.5 Å². The smallest absolute Gasteiger partial charge is 0.343 e. The molecule has 0 saturated carbocycles. The van der Waals surface area contributed by atoms with Crippen molar-refractivity contribution >= 4 is 29.7 Å². The van der Waals surface area contributed by atoms with Crippen molar-refractivity contribution in [2.24, 2.45) is 5.10 Å². The molecular weight excluding hydrogens is 556 g/mol. The summed E-state index contributed by atoms with van der Waals surface area (Å²) in [6.07, 6.45) is 3.48. The first-order chi connectivity index (χ1) is 20.4. The van der Waals surface area contributed by atoms with E-state index in [2.05, 4.69) is 17.5 Å². The molecule has 0 bridgehead atoms. The second kappa shape index (κ2) is 15.3. The van der Waals surface area contributed by atoms with Crippen LogP contribution in [0.1, 0.15) is 51.6 Å². The largest absolute Gasteiger partial charge is 0.494 e. The quantitative estimate of drug-likeness (QED) is 0.0591. The molecule has 0 radical (unpaired) electrons. The monoisotopic (exact) mass is 586 g/mol. The number of benzene rings is 4. The van der Waals surface area contributed by atoms with Gasteiger partial charge in [-0.2, -0.15) is 5.10 Å². The summed E-state index contributed by atoms with van der Waals surface area (Å²) >= 11 is 5.91. The summed E-state index contributed by atoms with van der Waals surface area (Å²) in [4.78, 5) is 25.2. The number of carbonyl (C=O) groups excluding carboxylic acids is 2. The van der Waals surface area contributed by atoms with Crippen molar-refractivity contribution in [1.82, 2.24) is 5.43 Å². The molecule has 0 unspecified atom stereocenters. The number of nitrogens with zero attached hydrogens (tertiary/aromatic N) is 1. The Morgan fingerprint density at radius 2 is 1.50 bits per heavy atom. The predicted octanol–water partition coefficient (Wildman–Crippen LogP) is 7.09. The average Bonchev–Trinajstić information content (AvgIpc) is 3.02. The summed E-state index contributed by atoms with van der Waals surface area (Å²) < 4.78 is 22.3. The third kappa shape index (κ3) is 8.84. The van der Waals surface area contributed by atoms with Gasteiger partial charge in [-0.05, 0) is 96.4 Å². The van der Waals surface area contributed by atoms with Crippen LogP contribution in [0, 0.1) is 0 Å². The first-order valence-electron chi connectivity index (χ1n) is 13.4. The third-order valence-corrected chi connectivity index (χ3v) is 6.31. The molecule has 42 heavy (non-hydrogen) atoms. The third-order valence-electron chi connectivity index (χ3n) is 6.06. The molecule has 0 aliphatic carbocycles. The van der Waals surface area contributed by atoms with Crippen LogP contribution in [0.5, 0.6) is 23.0 Å². The number of rotatable bonds is 13. The summed E-state index contributed by atoms with van der Waals surface area (Å²) in [5.74, 6) is 1.02. The fraction of sp³-hybridized carbons (Fsp3) is 0.182. The van der Waals surface area contributed by atoms with E-state index in [1.54, 1.807) is 78.9 Å². The lowest BCUT2D eigenvalue weighted by Gasteiger charge is -2.10. The van der Waals surface area contributed by atoms with Crippen LogP contribution in [0.4, 0.5) is 0 Å². The number of amides is 1. The van der Waals surface area contributed by atoms with Crippen LogP contribution < -0.4 is 24.4 Å². The standard InChI is InChI=1S/C33H31ClN2O6/c1-3-4-19-40-28-16-10-26(11-17-28)33(38)42-30-18-7-24(20-31(30)39-2)21-35-36-32(37)25-8-14-29(15-9-25)41-22-23-5-12-27(34)13-6-23/h5-18,20-21H,3-4,19,22H2,1-2H3,(H,36,37)/b35-21-. The summed E-state index contributed by atoms with van der Waals surface area (Å²) in [6, 6.07) is 25.9. The van der Waals surface area contributed by atoms with Crippen LogP contribution in [-0.4, -0.2) is 31.8 Å². The van der Waals surface area contributed by atoms with Gasteiger partial charge in [0, 0.05) is 10.6 Å². The van der Waals surface area contributed by atoms with Crippen LogP contribution in [0.25, 0.3) is 0 Å². The van der Waals surface area contributed by atoms with E-state index in [9.17, 15) is 9.59 Å². The van der Waals surface area contributed by atoms with Gasteiger partial charge >= 0.3 is 5.97 Å². The maximum Gasteiger partial charge on any atom is 0.343 e. The van der Waals surface area contributed by atoms with Crippen LogP contribution >= 0.6 is 11.6 Å². The molecule has 0 fully saturated rings. The van der Waals surface area contributed by atoms with Gasteiger partial charge < -0.3 is 18.9 Å². The first kappa shape index (κ1) is 30.1. The second-order valence-corrected chi connectivity index (χ2v) is 9.60. The number of hydrazone groups is 1. The number of hydrogen-bond acceptors (Lipinski definition) is 7. The van der Waals surface area contributed by atoms with Gasteiger partial charge in [0.15, 0.2) is 11.5 Å². The second-order valence-electron chi connectivity index (χ2n) is 9.16. The first-order valence-corrected chi connectivity index (χ1v) is 13.8. The summed E-state index contributed by atoms with van der Waals surface area (Å²) in [6.45, 7) is 3.11. The lowest BCUT2D eigenvalue weighted by atomic mass is 10.2. The van der Waals surface area contributed by atoms with Crippen LogP contribution in [0.2, 0.25) is 5.02 Å². The molecule has 1 amide bonds. The maximum atomic E-state index is 12.6. The van der Waals surface area contributed by atoms with Gasteiger partial charge in [0.2, 0.25) is 0 Å². The van der Waals surface area contributed by atoms with Crippen molar-refractivity contribution in [3.05, 3.63) is 118 Å². The number of unbranched alkanes of at least 4 members (excludes halogenated alkanes) is 1. The van der Waals surface area contributed by atoms with Crippen molar-refractivity contribution in [1.29, 1.82) is 0 Å². The van der Waals surface area contributed by atoms with Crippen molar-refractivity contribution in [2.75, 3.05) is 13.7 Å². The van der Waals surface area contributed by atoms with Crippen molar-refractivity contribution in [3.63, 3.8) is 0 Å². The summed E-state index contributed by atoms with van der Waals surface area (Å²) in [5.41, 5.74) is 4.92. The SMILES string of the molecule is CCCCOc1ccc(C(=O)Oc2ccc(/C=N\NC(=O)c3ccc(OCc4ccc(Cl)cc4)cc3)cc2OC)cc1. The zero-order valence-corrected chi connectivity index (χ0v) is 24.1. The molecule has 0 spiro atoms. The molecule has 4 aromatic carbocycles. The fourth-order valence-electron chi connectivity index (χ4n) is 3.71. The van der Waals surface area contributed by atoms with E-state index >= 15 is 0 Å². The zero-order valence-electron chi connectivity index (χ0n) is 23.3. The van der Waals surface area contributed by atoms with E-state index in [1.165, 1.54) is 13.3 Å². The number of halogens is 1. The molecule has 0 aliphatic rings. The van der Waals surface area contributed by atoms with E-state index in [0.29, 0.717) is 52.2 Å². The summed E-state index contributed by atoms with van der Waals surface area (Å²) in [7, 11) is 1.47. The van der Waals surface area contributed by atoms with Gasteiger partial charge in [-0.15, -0.1) is 0 Å². The van der Waals surface area contributed by atoms with Gasteiger partial charge in [-0.3, -0.25) is 4.79 Å². The highest BCUT2D eigenvalue weighted by Gasteiger charge is 2.13. The highest BCUT2D eigenvalue weighted by atomic mass is 35.5. The maximum absolute atomic E-state index is 12.6. The predicted molar refractivity (Wildman–Crippen MR) is 162 cm³/mol. The number of carbonyl (C=O) groups is 2. The van der Waals surface area contributed by atoms with Gasteiger partial charge in [0.1, 0.15) is 18.1 Å². The molecule has 0 aromatic heterocycles. The van der Waals surface area contributed by atoms with Crippen molar-refractivity contribution in [2.45, 2.75) is 26.4 Å². The van der Waals surface area contributed by atoms with Crippen molar-refractivity contribution in [3.8, 4) is 23.0 Å². The minimum absolute atomic E-state index is 0.255. The molecule has 4 aromatic rings. The Morgan fingerprint density at radius 3 is 2.17 bits per heavy atom. The molecule has 9 heteroatoms. The summed E-state index contributed by atoms with van der Waals surface area (Å²) in [5, 5.41) is 4.70. The van der Waals surface area contributed by atoms with E-state index in [-0.39, 0.29) is 11.7 Å². The molecule has 0 saturated heterocycles. The Hall–Kier alpha value is -4.82. The van der Waals surface area contributed by atoms with Gasteiger partial charge in [-0.25, -0.2) is 10.2 Å². The lowest BCUT2D eigenvalue weighted by Crippen LogP contribution is -2.17. The Bertz CT molecular complexity index is 1500. The highest BCUT2D eigenvalue weighted by Crippen LogP contribution is 2.28. The van der Waals surface area contributed by atoms with Crippen molar-refractivity contribution < 1.29 is 28.5 Å². The number of methoxy groups -OCH3 is 1. The molecule has 8 nitrogen and oxygen atoms in total. The number of esters is 1. The van der Waals surface area contributed by atoms with Crippen LogP contribution in [0.15, 0.2) is 96.1 Å². The Morgan fingerprint density at radius 1 is 0.833 bits per heavy atom.